The first-order valence-corrected chi connectivity index (χ1v) is 8.22. The molecule has 0 heterocycles. The van der Waals surface area contributed by atoms with E-state index in [9.17, 15) is 0 Å². The molecule has 0 fully saturated rings. The molecule has 0 bridgehead atoms. The predicted octanol–water partition coefficient (Wildman–Crippen LogP) is 2.41. The first-order chi connectivity index (χ1) is 1.41. The molecule has 0 rings (SSSR count). The molecule has 2 N–H and O–H groups in total. The predicted molar refractivity (Wildman–Crippen MR) is 23.1 cm³/mol. The van der Waals surface area contributed by atoms with E-state index in [1.165, 1.54) is 0 Å². The Morgan fingerprint density at radius 3 is 1.25 bits per heavy atom. The minimum atomic E-state index is 0. The van der Waals surface area contributed by atoms with Crippen LogP contribution in [0.4, 0.5) is 0 Å². The third kappa shape index (κ3) is 9.62. The molecule has 0 radical (unpaired) electrons. The number of hydrogen-bond acceptors (Lipinski definition) is 0. The summed E-state index contributed by atoms with van der Waals surface area (Å²) in [6.45, 7) is 0. The van der Waals surface area contributed by atoms with Gasteiger partial charge >= 0.3 is 40.5 Å². The van der Waals surface area contributed by atoms with Crippen LogP contribution in [0.25, 0.3) is 6.15 Å². The third-order valence-electron chi connectivity index (χ3n) is 0. The largest absolute Gasteiger partial charge is 0.693 e. The minimum Gasteiger partial charge on any atom is -0.693 e. The minimum absolute atomic E-state index is 0. The molecular weight excluding hydrogens is 275 g/mol. The van der Waals surface area contributed by atoms with Crippen molar-refractivity contribution in [2.45, 2.75) is 0 Å². The van der Waals surface area contributed by atoms with E-state index in [4.69, 9.17) is 0 Å². The van der Waals surface area contributed by atoms with Crippen molar-refractivity contribution in [1.29, 1.82) is 0 Å². The van der Waals surface area contributed by atoms with Crippen LogP contribution in [0.15, 0.2) is 0 Å². The normalized spacial score (nSPS) is 5.50. The molecule has 0 amide bonds. The molecule has 0 aliphatic rings. The Balaban J connectivity index is 0. The van der Waals surface area contributed by atoms with Crippen LogP contribution in [0.5, 0.6) is 0 Å². The van der Waals surface area contributed by atoms with Crippen molar-refractivity contribution >= 4 is 27.2 Å². The Hall–Kier alpha value is 1.54. The van der Waals surface area contributed by atoms with Crippen LogP contribution in [0, 0.1) is 0 Å². The second-order valence-electron chi connectivity index (χ2n) is 0.0505. The molecular formula is H2Br2NRu-. The van der Waals surface area contributed by atoms with Gasteiger partial charge in [0.1, 0.15) is 0 Å². The van der Waals surface area contributed by atoms with Gasteiger partial charge in [-0.15, -0.1) is 0 Å². The maximum Gasteiger partial charge on any atom is -0.693 e. The standard InChI is InChI=1S/2BrH.H2N.Ru/h2*1H;1H2;/q;;-1;+2/p-2. The summed E-state index contributed by atoms with van der Waals surface area (Å²) in [4.78, 5) is 0. The maximum absolute atomic E-state index is 3.15. The summed E-state index contributed by atoms with van der Waals surface area (Å²) in [5, 5.41) is 0. The molecule has 0 unspecified atom stereocenters. The first kappa shape index (κ1) is 9.11. The molecule has 0 spiro atoms. The molecule has 0 aromatic heterocycles. The summed E-state index contributed by atoms with van der Waals surface area (Å²) in [6, 6.07) is 0. The van der Waals surface area contributed by atoms with Crippen molar-refractivity contribution in [3.8, 4) is 0 Å². The smallest absolute Gasteiger partial charge is 0.693 e. The molecule has 0 aromatic carbocycles. The summed E-state index contributed by atoms with van der Waals surface area (Å²) in [7, 11) is 0. The quantitative estimate of drug-likeness (QED) is 0.609. The van der Waals surface area contributed by atoms with Crippen molar-refractivity contribution < 1.29 is 13.2 Å². The van der Waals surface area contributed by atoms with E-state index in [1.807, 2.05) is 0 Å². The van der Waals surface area contributed by atoms with Crippen LogP contribution in [-0.4, -0.2) is 0 Å². The van der Waals surface area contributed by atoms with E-state index < -0.39 is 0 Å². The van der Waals surface area contributed by atoms with Crippen molar-refractivity contribution in [1.82, 2.24) is 0 Å². The number of hydrogen-bond donors (Lipinski definition) is 0. The molecule has 0 saturated heterocycles. The Morgan fingerprint density at radius 2 is 1.25 bits per heavy atom. The molecule has 30 valence electrons. The van der Waals surface area contributed by atoms with Crippen LogP contribution >= 0.6 is 27.2 Å². The van der Waals surface area contributed by atoms with Gasteiger partial charge in [-0.05, 0) is 0 Å². The van der Waals surface area contributed by atoms with Crippen LogP contribution < -0.4 is 0 Å². The number of nitrogens with two attached hydrogens (primary N) is 1. The van der Waals surface area contributed by atoms with Gasteiger partial charge in [0.15, 0.2) is 0 Å². The first-order valence-electron chi connectivity index (χ1n) is 0.267. The van der Waals surface area contributed by atoms with E-state index in [-0.39, 0.29) is 6.15 Å². The van der Waals surface area contributed by atoms with Gasteiger partial charge in [-0.1, -0.05) is 0 Å². The monoisotopic (exact) mass is 276 g/mol. The average molecular weight is 277 g/mol. The number of rotatable bonds is 0. The molecule has 0 aliphatic carbocycles. The summed E-state index contributed by atoms with van der Waals surface area (Å²) < 4.78 is 0. The molecule has 4 heteroatoms. The topological polar surface area (TPSA) is 33.5 Å². The van der Waals surface area contributed by atoms with E-state index >= 15 is 0 Å². The van der Waals surface area contributed by atoms with E-state index in [0.717, 1.165) is 0 Å². The van der Waals surface area contributed by atoms with E-state index in [2.05, 4.69) is 27.2 Å². The Bertz CT molecular complexity index is 6.00. The Kier molecular flexibility index (Phi) is 20.1. The van der Waals surface area contributed by atoms with Gasteiger partial charge in [0.25, 0.3) is 0 Å². The molecule has 0 aromatic rings. The zero-order valence-electron chi connectivity index (χ0n) is 1.69. The summed E-state index contributed by atoms with van der Waals surface area (Å²) in [5.41, 5.74) is 0. The molecule has 0 saturated carbocycles. The molecule has 1 nitrogen and oxygen atoms in total. The molecule has 0 atom stereocenters. The fraction of sp³-hybridized carbons (Fsp3) is 0. The van der Waals surface area contributed by atoms with Crippen molar-refractivity contribution in [3.05, 3.63) is 6.15 Å². The van der Waals surface area contributed by atoms with Crippen LogP contribution in [-0.2, 0) is 13.2 Å². The zero-order valence-corrected chi connectivity index (χ0v) is 6.60. The number of halogens is 2. The molecule has 4 heavy (non-hydrogen) atoms. The Morgan fingerprint density at radius 1 is 1.25 bits per heavy atom. The van der Waals surface area contributed by atoms with Gasteiger partial charge in [0.05, 0.1) is 0 Å². The van der Waals surface area contributed by atoms with Gasteiger partial charge in [-0.2, -0.15) is 0 Å². The summed E-state index contributed by atoms with van der Waals surface area (Å²) in [5.74, 6) is 0. The summed E-state index contributed by atoms with van der Waals surface area (Å²) in [6.07, 6.45) is 0. The van der Waals surface area contributed by atoms with Crippen molar-refractivity contribution in [2.24, 2.45) is 0 Å². The van der Waals surface area contributed by atoms with Crippen LogP contribution in [0.1, 0.15) is 0 Å². The van der Waals surface area contributed by atoms with Gasteiger partial charge in [-0.25, -0.2) is 0 Å². The van der Waals surface area contributed by atoms with E-state index in [1.54, 1.807) is 0 Å². The second-order valence-corrected chi connectivity index (χ2v) is 8.07. The van der Waals surface area contributed by atoms with Crippen LogP contribution in [0.3, 0.4) is 0 Å². The van der Waals surface area contributed by atoms with Crippen LogP contribution in [0.2, 0.25) is 0 Å². The maximum atomic E-state index is 3.15. The second kappa shape index (κ2) is 8.82. The van der Waals surface area contributed by atoms with Gasteiger partial charge in [0, 0.05) is 0 Å². The third-order valence-corrected chi connectivity index (χ3v) is 0. The Labute approximate surface area is 46.4 Å². The van der Waals surface area contributed by atoms with Gasteiger partial charge in [-0.3, -0.25) is 0 Å². The van der Waals surface area contributed by atoms with E-state index in [0.29, 0.717) is 13.2 Å². The fourth-order valence-corrected chi connectivity index (χ4v) is 0. The fourth-order valence-electron chi connectivity index (χ4n) is 0. The SMILES string of the molecule is [Br][Ru][Br].[NH2-]. The van der Waals surface area contributed by atoms with Crippen molar-refractivity contribution in [2.75, 3.05) is 0 Å². The van der Waals surface area contributed by atoms with Gasteiger partial charge in [0.2, 0.25) is 0 Å². The zero-order chi connectivity index (χ0) is 2.71. The summed E-state index contributed by atoms with van der Waals surface area (Å²) >= 11 is 6.64. The van der Waals surface area contributed by atoms with Gasteiger partial charge < -0.3 is 6.15 Å². The van der Waals surface area contributed by atoms with Crippen molar-refractivity contribution in [3.63, 3.8) is 0 Å². The average Bonchev–Trinajstić information content (AvgIpc) is 0.918. The molecule has 0 aliphatic heterocycles.